The quantitative estimate of drug-likeness (QED) is 0.743. The molecule has 2 aromatic heterocycles. The number of esters is 1. The molecule has 0 saturated carbocycles. The van der Waals surface area contributed by atoms with Gasteiger partial charge in [-0.25, -0.2) is 9.97 Å². The van der Waals surface area contributed by atoms with Crippen molar-refractivity contribution in [2.24, 2.45) is 0 Å². The average molecular weight is 389 g/mol. The number of nitrogens with one attached hydrogen (secondary N) is 1. The highest BCUT2D eigenvalue weighted by molar-refractivity contribution is 7.15. The van der Waals surface area contributed by atoms with Gasteiger partial charge in [-0.3, -0.25) is 24.7 Å². The minimum Gasteiger partial charge on any atom is -0.466 e. The number of carbonyl (C=O) groups is 3. The van der Waals surface area contributed by atoms with Crippen LogP contribution in [-0.2, 0) is 27.3 Å². The number of ether oxygens (including phenoxy) is 1. The zero-order chi connectivity index (χ0) is 19.2. The fraction of sp³-hybridized carbons (Fsp3) is 0.412. The van der Waals surface area contributed by atoms with Gasteiger partial charge in [0.25, 0.3) is 5.91 Å². The van der Waals surface area contributed by atoms with Gasteiger partial charge in [0, 0.05) is 36.7 Å². The number of fused-ring (bicyclic) bond motifs is 1. The molecule has 27 heavy (non-hydrogen) atoms. The molecule has 2 amide bonds. The van der Waals surface area contributed by atoms with Crippen LogP contribution in [0.2, 0.25) is 0 Å². The highest BCUT2D eigenvalue weighted by Gasteiger charge is 2.25. The third-order valence-electron chi connectivity index (χ3n) is 3.95. The molecular weight excluding hydrogens is 370 g/mol. The van der Waals surface area contributed by atoms with Gasteiger partial charge in [0.2, 0.25) is 5.91 Å². The van der Waals surface area contributed by atoms with E-state index in [9.17, 15) is 14.4 Å². The Kier molecular flexibility index (Phi) is 6.07. The molecule has 10 heteroatoms. The molecule has 3 rings (SSSR count). The smallest absolute Gasteiger partial charge is 0.306 e. The Hall–Kier alpha value is -2.88. The molecule has 1 N–H and O–H groups in total. The first kappa shape index (κ1) is 18.9. The lowest BCUT2D eigenvalue weighted by Gasteiger charge is -2.26. The lowest BCUT2D eigenvalue weighted by Crippen LogP contribution is -2.35. The summed E-state index contributed by atoms with van der Waals surface area (Å²) in [6.07, 6.45) is 5.14. The number of hydrogen-bond donors (Lipinski definition) is 1. The van der Waals surface area contributed by atoms with E-state index in [4.69, 9.17) is 4.74 Å². The van der Waals surface area contributed by atoms with Crippen LogP contribution >= 0.6 is 11.3 Å². The van der Waals surface area contributed by atoms with E-state index >= 15 is 0 Å². The first-order valence-corrected chi connectivity index (χ1v) is 9.37. The van der Waals surface area contributed by atoms with Gasteiger partial charge >= 0.3 is 5.97 Å². The third kappa shape index (κ3) is 4.85. The predicted molar refractivity (Wildman–Crippen MR) is 97.1 cm³/mol. The molecular formula is C17H19N5O4S. The SMILES string of the molecule is CCOC(=O)CCC(=O)N1CCc2nc(NC(=O)c3cnccn3)sc2C1. The largest absolute Gasteiger partial charge is 0.466 e. The summed E-state index contributed by atoms with van der Waals surface area (Å²) in [5.74, 6) is -0.834. The van der Waals surface area contributed by atoms with Crippen LogP contribution in [0, 0.1) is 0 Å². The number of anilines is 1. The van der Waals surface area contributed by atoms with Crippen molar-refractivity contribution in [2.75, 3.05) is 18.5 Å². The van der Waals surface area contributed by atoms with Crippen molar-refractivity contribution in [2.45, 2.75) is 32.7 Å². The highest BCUT2D eigenvalue weighted by atomic mass is 32.1. The Bertz CT molecular complexity index is 839. The molecule has 3 heterocycles. The first-order chi connectivity index (χ1) is 13.1. The van der Waals surface area contributed by atoms with Crippen LogP contribution in [0.4, 0.5) is 5.13 Å². The second-order valence-corrected chi connectivity index (χ2v) is 6.89. The van der Waals surface area contributed by atoms with E-state index in [2.05, 4.69) is 20.3 Å². The molecule has 0 bridgehead atoms. The van der Waals surface area contributed by atoms with Crippen molar-refractivity contribution in [3.63, 3.8) is 0 Å². The van der Waals surface area contributed by atoms with Gasteiger partial charge in [0.1, 0.15) is 5.69 Å². The van der Waals surface area contributed by atoms with Gasteiger partial charge in [0.05, 0.1) is 31.5 Å². The number of carbonyl (C=O) groups excluding carboxylic acids is 3. The third-order valence-corrected chi connectivity index (χ3v) is 4.95. The molecule has 0 unspecified atom stereocenters. The fourth-order valence-electron chi connectivity index (χ4n) is 2.64. The Morgan fingerprint density at radius 2 is 2.15 bits per heavy atom. The number of nitrogens with zero attached hydrogens (tertiary/aromatic N) is 4. The number of hydrogen-bond acceptors (Lipinski definition) is 8. The van der Waals surface area contributed by atoms with Crippen molar-refractivity contribution >= 4 is 34.3 Å². The summed E-state index contributed by atoms with van der Waals surface area (Å²) in [4.78, 5) is 50.7. The number of amides is 2. The summed E-state index contributed by atoms with van der Waals surface area (Å²) >= 11 is 1.34. The second kappa shape index (κ2) is 8.67. The van der Waals surface area contributed by atoms with E-state index in [1.54, 1.807) is 11.8 Å². The lowest BCUT2D eigenvalue weighted by molar-refractivity contribution is -0.145. The molecule has 0 radical (unpaired) electrons. The molecule has 142 valence electrons. The topological polar surface area (TPSA) is 114 Å². The van der Waals surface area contributed by atoms with Gasteiger partial charge in [-0.05, 0) is 6.92 Å². The summed E-state index contributed by atoms with van der Waals surface area (Å²) in [5.41, 5.74) is 1.09. The minimum atomic E-state index is -0.378. The van der Waals surface area contributed by atoms with Gasteiger partial charge in [-0.2, -0.15) is 0 Å². The van der Waals surface area contributed by atoms with Crippen LogP contribution in [0.3, 0.4) is 0 Å². The molecule has 9 nitrogen and oxygen atoms in total. The highest BCUT2D eigenvalue weighted by Crippen LogP contribution is 2.29. The Balaban J connectivity index is 1.58. The summed E-state index contributed by atoms with van der Waals surface area (Å²) in [7, 11) is 0. The second-order valence-electron chi connectivity index (χ2n) is 5.80. The van der Waals surface area contributed by atoms with Gasteiger partial charge < -0.3 is 9.64 Å². The number of thiazole rings is 1. The van der Waals surface area contributed by atoms with Gasteiger partial charge in [-0.15, -0.1) is 0 Å². The predicted octanol–water partition coefficient (Wildman–Crippen LogP) is 1.41. The van der Waals surface area contributed by atoms with E-state index < -0.39 is 0 Å². The van der Waals surface area contributed by atoms with Crippen molar-refractivity contribution in [1.82, 2.24) is 19.9 Å². The zero-order valence-electron chi connectivity index (χ0n) is 14.8. The van der Waals surface area contributed by atoms with Crippen LogP contribution in [-0.4, -0.2) is 50.8 Å². The van der Waals surface area contributed by atoms with Crippen LogP contribution in [0.5, 0.6) is 0 Å². The summed E-state index contributed by atoms with van der Waals surface area (Å²) in [5, 5.41) is 3.18. The van der Waals surface area contributed by atoms with E-state index in [0.717, 1.165) is 10.6 Å². The van der Waals surface area contributed by atoms with Gasteiger partial charge in [-0.1, -0.05) is 11.3 Å². The molecule has 0 saturated heterocycles. The molecule has 2 aromatic rings. The Morgan fingerprint density at radius 1 is 1.30 bits per heavy atom. The molecule has 1 aliphatic heterocycles. The van der Waals surface area contributed by atoms with Crippen LogP contribution in [0.1, 0.15) is 40.8 Å². The Morgan fingerprint density at radius 3 is 2.89 bits per heavy atom. The lowest BCUT2D eigenvalue weighted by atomic mass is 10.1. The van der Waals surface area contributed by atoms with Gasteiger partial charge in [0.15, 0.2) is 5.13 Å². The van der Waals surface area contributed by atoms with Crippen LogP contribution in [0.25, 0.3) is 0 Å². The Labute approximate surface area is 159 Å². The summed E-state index contributed by atoms with van der Waals surface area (Å²) in [6, 6.07) is 0. The van der Waals surface area contributed by atoms with Crippen molar-refractivity contribution < 1.29 is 19.1 Å². The van der Waals surface area contributed by atoms with Crippen molar-refractivity contribution in [3.8, 4) is 0 Å². The number of rotatable bonds is 6. The zero-order valence-corrected chi connectivity index (χ0v) is 15.6. The monoisotopic (exact) mass is 389 g/mol. The molecule has 1 aliphatic rings. The number of aromatic nitrogens is 3. The van der Waals surface area contributed by atoms with E-state index in [-0.39, 0.29) is 36.3 Å². The standard InChI is InChI=1S/C17H19N5O4S/c1-2-26-15(24)4-3-14(23)22-8-5-11-13(10-22)27-17(20-11)21-16(25)12-9-18-6-7-19-12/h6-7,9H,2-5,8,10H2,1H3,(H,20,21,25). The van der Waals surface area contributed by atoms with E-state index in [0.29, 0.717) is 31.2 Å². The molecule has 0 aromatic carbocycles. The van der Waals surface area contributed by atoms with Crippen LogP contribution < -0.4 is 5.32 Å². The molecule has 0 aliphatic carbocycles. The maximum Gasteiger partial charge on any atom is 0.306 e. The normalized spacial score (nSPS) is 13.0. The van der Waals surface area contributed by atoms with Crippen molar-refractivity contribution in [3.05, 3.63) is 34.9 Å². The summed E-state index contributed by atoms with van der Waals surface area (Å²) < 4.78 is 4.85. The van der Waals surface area contributed by atoms with E-state index in [1.165, 1.54) is 29.9 Å². The van der Waals surface area contributed by atoms with Crippen LogP contribution in [0.15, 0.2) is 18.6 Å². The maximum atomic E-state index is 12.3. The maximum absolute atomic E-state index is 12.3. The molecule has 0 spiro atoms. The summed E-state index contributed by atoms with van der Waals surface area (Å²) in [6.45, 7) is 3.01. The average Bonchev–Trinajstić information content (AvgIpc) is 3.08. The molecule has 0 fully saturated rings. The first-order valence-electron chi connectivity index (χ1n) is 8.56. The molecule has 0 atom stereocenters. The van der Waals surface area contributed by atoms with E-state index in [1.807, 2.05) is 0 Å². The minimum absolute atomic E-state index is 0.0815. The fourth-order valence-corrected chi connectivity index (χ4v) is 3.66. The van der Waals surface area contributed by atoms with Crippen molar-refractivity contribution in [1.29, 1.82) is 0 Å².